The molecular weight excluding hydrogens is 282 g/mol. The van der Waals surface area contributed by atoms with Crippen LogP contribution in [0.3, 0.4) is 0 Å². The summed E-state index contributed by atoms with van der Waals surface area (Å²) < 4.78 is 5.53. The molecule has 0 unspecified atom stereocenters. The first kappa shape index (κ1) is 13.9. The molecule has 0 aliphatic carbocycles. The predicted octanol–water partition coefficient (Wildman–Crippen LogP) is 3.49. The molecule has 1 aromatic carbocycles. The van der Waals surface area contributed by atoms with E-state index in [2.05, 4.69) is 5.32 Å². The fourth-order valence-electron chi connectivity index (χ4n) is 1.50. The maximum Gasteiger partial charge on any atom is 0.261 e. The summed E-state index contributed by atoms with van der Waals surface area (Å²) in [6.07, 6.45) is -0.541. The van der Waals surface area contributed by atoms with Crippen molar-refractivity contribution in [1.82, 2.24) is 5.32 Å². The van der Waals surface area contributed by atoms with Gasteiger partial charge in [-0.15, -0.1) is 11.3 Å². The van der Waals surface area contributed by atoms with Crippen molar-refractivity contribution in [3.8, 4) is 5.75 Å². The quantitative estimate of drug-likeness (QED) is 0.917. The van der Waals surface area contributed by atoms with Crippen LogP contribution in [0.5, 0.6) is 5.75 Å². The van der Waals surface area contributed by atoms with Gasteiger partial charge in [0.25, 0.3) is 5.91 Å². The minimum atomic E-state index is -0.541. The van der Waals surface area contributed by atoms with Gasteiger partial charge in [0.1, 0.15) is 5.75 Å². The predicted molar refractivity (Wildman–Crippen MR) is 77.7 cm³/mol. The number of amides is 1. The highest BCUT2D eigenvalue weighted by molar-refractivity contribution is 7.09. The van der Waals surface area contributed by atoms with Gasteiger partial charge >= 0.3 is 0 Å². The van der Waals surface area contributed by atoms with Crippen LogP contribution in [0, 0.1) is 0 Å². The second-order valence-electron chi connectivity index (χ2n) is 4.01. The lowest BCUT2D eigenvalue weighted by molar-refractivity contribution is -0.127. The normalized spacial score (nSPS) is 11.9. The molecule has 1 N–H and O–H groups in total. The lowest BCUT2D eigenvalue weighted by Gasteiger charge is -2.14. The van der Waals surface area contributed by atoms with E-state index in [0.29, 0.717) is 17.3 Å². The van der Waals surface area contributed by atoms with E-state index < -0.39 is 6.10 Å². The van der Waals surface area contributed by atoms with E-state index >= 15 is 0 Å². The van der Waals surface area contributed by atoms with Crippen LogP contribution in [0.25, 0.3) is 0 Å². The number of ether oxygens (including phenoxy) is 1. The maximum absolute atomic E-state index is 11.9. The lowest BCUT2D eigenvalue weighted by Crippen LogP contribution is -2.35. The van der Waals surface area contributed by atoms with Crippen LogP contribution in [0.2, 0.25) is 5.02 Å². The lowest BCUT2D eigenvalue weighted by atomic mass is 10.3. The average molecular weight is 296 g/mol. The summed E-state index contributed by atoms with van der Waals surface area (Å²) in [5.41, 5.74) is 0. The van der Waals surface area contributed by atoms with Crippen molar-refractivity contribution in [3.63, 3.8) is 0 Å². The number of carbonyl (C=O) groups is 1. The van der Waals surface area contributed by atoms with Crippen molar-refractivity contribution in [2.75, 3.05) is 0 Å². The van der Waals surface area contributed by atoms with Gasteiger partial charge in [0.2, 0.25) is 0 Å². The Kier molecular flexibility index (Phi) is 4.82. The van der Waals surface area contributed by atoms with Crippen LogP contribution in [0.15, 0.2) is 41.8 Å². The molecule has 1 amide bonds. The van der Waals surface area contributed by atoms with Crippen molar-refractivity contribution >= 4 is 28.8 Å². The SMILES string of the molecule is C[C@@H](Oc1ccc(Cl)cc1)C(=O)NCc1cccs1. The molecule has 0 radical (unpaired) electrons. The summed E-state index contributed by atoms with van der Waals surface area (Å²) >= 11 is 7.40. The van der Waals surface area contributed by atoms with Crippen molar-refractivity contribution < 1.29 is 9.53 Å². The van der Waals surface area contributed by atoms with Gasteiger partial charge in [0.05, 0.1) is 6.54 Å². The van der Waals surface area contributed by atoms with Gasteiger partial charge in [-0.1, -0.05) is 17.7 Å². The van der Waals surface area contributed by atoms with E-state index in [1.54, 1.807) is 42.5 Å². The first-order valence-corrected chi connectivity index (χ1v) is 7.13. The number of rotatable bonds is 5. The summed E-state index contributed by atoms with van der Waals surface area (Å²) in [4.78, 5) is 13.0. The van der Waals surface area contributed by atoms with Gasteiger partial charge in [-0.3, -0.25) is 4.79 Å². The molecule has 19 heavy (non-hydrogen) atoms. The minimum Gasteiger partial charge on any atom is -0.481 e. The summed E-state index contributed by atoms with van der Waals surface area (Å²) in [5.74, 6) is 0.492. The molecule has 0 saturated carbocycles. The number of hydrogen-bond acceptors (Lipinski definition) is 3. The summed E-state index contributed by atoms with van der Waals surface area (Å²) in [7, 11) is 0. The highest BCUT2D eigenvalue weighted by Gasteiger charge is 2.14. The number of benzene rings is 1. The Morgan fingerprint density at radius 1 is 1.37 bits per heavy atom. The zero-order valence-electron chi connectivity index (χ0n) is 10.4. The second kappa shape index (κ2) is 6.59. The van der Waals surface area contributed by atoms with Crippen molar-refractivity contribution in [1.29, 1.82) is 0 Å². The molecule has 0 saturated heterocycles. The average Bonchev–Trinajstić information content (AvgIpc) is 2.91. The third kappa shape index (κ3) is 4.26. The summed E-state index contributed by atoms with van der Waals surface area (Å²) in [5, 5.41) is 5.46. The molecule has 0 aliphatic rings. The molecule has 0 aliphatic heterocycles. The molecule has 1 heterocycles. The molecular formula is C14H14ClNO2S. The van der Waals surface area contributed by atoms with Gasteiger partial charge < -0.3 is 10.1 Å². The molecule has 0 fully saturated rings. The molecule has 3 nitrogen and oxygen atoms in total. The first-order valence-electron chi connectivity index (χ1n) is 5.87. The van der Waals surface area contributed by atoms with Crippen molar-refractivity contribution in [3.05, 3.63) is 51.7 Å². The van der Waals surface area contributed by atoms with Gasteiger partial charge in [-0.05, 0) is 42.6 Å². The van der Waals surface area contributed by atoms with Gasteiger partial charge in [0, 0.05) is 9.90 Å². The molecule has 0 spiro atoms. The largest absolute Gasteiger partial charge is 0.481 e. The van der Waals surface area contributed by atoms with Gasteiger partial charge in [-0.25, -0.2) is 0 Å². The van der Waals surface area contributed by atoms with E-state index in [1.165, 1.54) is 0 Å². The number of hydrogen-bond donors (Lipinski definition) is 1. The fourth-order valence-corrected chi connectivity index (χ4v) is 2.27. The van der Waals surface area contributed by atoms with Crippen LogP contribution in [-0.4, -0.2) is 12.0 Å². The number of thiophene rings is 1. The van der Waals surface area contributed by atoms with E-state index in [9.17, 15) is 4.79 Å². The molecule has 1 aromatic heterocycles. The molecule has 2 aromatic rings. The summed E-state index contributed by atoms with van der Waals surface area (Å²) in [6.45, 7) is 2.25. The van der Waals surface area contributed by atoms with Crippen LogP contribution in [-0.2, 0) is 11.3 Å². The zero-order chi connectivity index (χ0) is 13.7. The number of nitrogens with one attached hydrogen (secondary N) is 1. The fraction of sp³-hybridized carbons (Fsp3) is 0.214. The number of carbonyl (C=O) groups excluding carboxylic acids is 1. The highest BCUT2D eigenvalue weighted by atomic mass is 35.5. The van der Waals surface area contributed by atoms with E-state index in [0.717, 1.165) is 4.88 Å². The van der Waals surface area contributed by atoms with Crippen molar-refractivity contribution in [2.24, 2.45) is 0 Å². The molecule has 1 atom stereocenters. The maximum atomic E-state index is 11.9. The molecule has 0 bridgehead atoms. The third-order valence-electron chi connectivity index (χ3n) is 2.51. The summed E-state index contributed by atoms with van der Waals surface area (Å²) in [6, 6.07) is 10.9. The molecule has 2 rings (SSSR count). The Morgan fingerprint density at radius 2 is 2.11 bits per heavy atom. The van der Waals surface area contributed by atoms with Crippen LogP contribution in [0.4, 0.5) is 0 Å². The Hall–Kier alpha value is -1.52. The Balaban J connectivity index is 1.83. The van der Waals surface area contributed by atoms with Crippen LogP contribution >= 0.6 is 22.9 Å². The Bertz CT molecular complexity index is 525. The third-order valence-corrected chi connectivity index (χ3v) is 3.64. The molecule has 100 valence electrons. The Morgan fingerprint density at radius 3 is 2.74 bits per heavy atom. The monoisotopic (exact) mass is 295 g/mol. The van der Waals surface area contributed by atoms with Gasteiger partial charge in [-0.2, -0.15) is 0 Å². The topological polar surface area (TPSA) is 38.3 Å². The first-order chi connectivity index (χ1) is 9.15. The molecule has 5 heteroatoms. The van der Waals surface area contributed by atoms with E-state index in [1.807, 2.05) is 17.5 Å². The smallest absolute Gasteiger partial charge is 0.261 e. The minimum absolute atomic E-state index is 0.136. The van der Waals surface area contributed by atoms with E-state index in [4.69, 9.17) is 16.3 Å². The van der Waals surface area contributed by atoms with Crippen LogP contribution < -0.4 is 10.1 Å². The second-order valence-corrected chi connectivity index (χ2v) is 5.48. The van der Waals surface area contributed by atoms with Crippen LogP contribution in [0.1, 0.15) is 11.8 Å². The highest BCUT2D eigenvalue weighted by Crippen LogP contribution is 2.16. The van der Waals surface area contributed by atoms with E-state index in [-0.39, 0.29) is 5.91 Å². The standard InChI is InChI=1S/C14H14ClNO2S/c1-10(18-12-6-4-11(15)5-7-12)14(17)16-9-13-3-2-8-19-13/h2-8,10H,9H2,1H3,(H,16,17)/t10-/m1/s1. The van der Waals surface area contributed by atoms with Gasteiger partial charge in [0.15, 0.2) is 6.10 Å². The Labute approximate surface area is 121 Å². The van der Waals surface area contributed by atoms with Crippen molar-refractivity contribution in [2.45, 2.75) is 19.6 Å². The number of halogens is 1. The zero-order valence-corrected chi connectivity index (χ0v) is 12.0.